The van der Waals surface area contributed by atoms with E-state index in [1.807, 2.05) is 19.1 Å². The highest BCUT2D eigenvalue weighted by molar-refractivity contribution is 7.98. The third-order valence-electron chi connectivity index (χ3n) is 4.62. The van der Waals surface area contributed by atoms with Crippen LogP contribution in [0.5, 0.6) is 5.75 Å². The number of amides is 2. The lowest BCUT2D eigenvalue weighted by molar-refractivity contribution is -0.118. The van der Waals surface area contributed by atoms with Gasteiger partial charge in [0.2, 0.25) is 5.91 Å². The molecule has 0 saturated carbocycles. The predicted octanol–water partition coefficient (Wildman–Crippen LogP) is 5.57. The SMILES string of the molecule is CC(=O)NSc1ccc(NC(=O)COc2ccc(Cl)cc2C(=O)c2cc(Cl)cc(C#N)c2)c(C)c1. The molecule has 0 fully saturated rings. The van der Waals surface area contributed by atoms with Crippen LogP contribution in [0.25, 0.3) is 0 Å². The van der Waals surface area contributed by atoms with E-state index in [0.717, 1.165) is 10.5 Å². The van der Waals surface area contributed by atoms with E-state index in [1.165, 1.54) is 49.2 Å². The van der Waals surface area contributed by atoms with Crippen LogP contribution in [-0.4, -0.2) is 24.2 Å². The Bertz CT molecular complexity index is 1360. The maximum absolute atomic E-state index is 13.1. The number of nitrogens with one attached hydrogen (secondary N) is 2. The molecule has 0 bridgehead atoms. The van der Waals surface area contributed by atoms with E-state index < -0.39 is 11.7 Å². The van der Waals surface area contributed by atoms with Gasteiger partial charge in [0.05, 0.1) is 17.2 Å². The number of aryl methyl sites for hydroxylation is 1. The van der Waals surface area contributed by atoms with Gasteiger partial charge in [0.25, 0.3) is 5.91 Å². The Morgan fingerprint density at radius 2 is 1.80 bits per heavy atom. The molecule has 0 aliphatic carbocycles. The minimum atomic E-state index is -0.454. The minimum absolute atomic E-state index is 0.131. The lowest BCUT2D eigenvalue weighted by Crippen LogP contribution is -2.21. The molecule has 3 rings (SSSR count). The van der Waals surface area contributed by atoms with E-state index in [-0.39, 0.29) is 40.0 Å². The van der Waals surface area contributed by atoms with E-state index in [2.05, 4.69) is 10.0 Å². The summed E-state index contributed by atoms with van der Waals surface area (Å²) in [6, 6.07) is 16.1. The Morgan fingerprint density at radius 3 is 2.49 bits per heavy atom. The number of hydrogen-bond donors (Lipinski definition) is 2. The zero-order valence-corrected chi connectivity index (χ0v) is 21.0. The third-order valence-corrected chi connectivity index (χ3v) is 5.95. The van der Waals surface area contributed by atoms with E-state index in [9.17, 15) is 14.4 Å². The first kappa shape index (κ1) is 26.1. The molecule has 0 saturated heterocycles. The molecule has 0 spiro atoms. The monoisotopic (exact) mass is 527 g/mol. The molecular weight excluding hydrogens is 509 g/mol. The summed E-state index contributed by atoms with van der Waals surface area (Å²) in [7, 11) is 0. The molecule has 0 aliphatic rings. The third kappa shape index (κ3) is 7.23. The Balaban J connectivity index is 1.72. The minimum Gasteiger partial charge on any atom is -0.483 e. The van der Waals surface area contributed by atoms with Crippen LogP contribution in [0, 0.1) is 18.3 Å². The number of anilines is 1. The summed E-state index contributed by atoms with van der Waals surface area (Å²) in [5, 5.41) is 12.5. The molecule has 3 aromatic rings. The quantitative estimate of drug-likeness (QED) is 0.293. The highest BCUT2D eigenvalue weighted by atomic mass is 35.5. The Morgan fingerprint density at radius 1 is 1.03 bits per heavy atom. The van der Waals surface area contributed by atoms with Crippen molar-refractivity contribution in [1.82, 2.24) is 4.72 Å². The molecular formula is C25H19Cl2N3O4S. The number of benzene rings is 3. The largest absolute Gasteiger partial charge is 0.483 e. The average molecular weight is 528 g/mol. The topological polar surface area (TPSA) is 108 Å². The summed E-state index contributed by atoms with van der Waals surface area (Å²) in [6.45, 7) is 2.89. The molecule has 178 valence electrons. The standard InChI is InChI=1S/C25H19Cl2N3O4S/c1-14-7-20(35-30-15(2)31)4-5-22(14)29-24(32)13-34-23-6-3-18(26)11-21(23)25(33)17-8-16(12-28)9-19(27)10-17/h3-11H,13H2,1-2H3,(H,29,32)(H,30,31). The van der Waals surface area contributed by atoms with E-state index in [4.69, 9.17) is 33.2 Å². The Hall–Kier alpha value is -3.51. The molecule has 0 heterocycles. The molecule has 35 heavy (non-hydrogen) atoms. The second-order valence-corrected chi connectivity index (χ2v) is 9.14. The maximum atomic E-state index is 13.1. The summed E-state index contributed by atoms with van der Waals surface area (Å²) in [4.78, 5) is 37.5. The van der Waals surface area contributed by atoms with Crippen molar-refractivity contribution in [2.45, 2.75) is 18.7 Å². The predicted molar refractivity (Wildman–Crippen MR) is 136 cm³/mol. The highest BCUT2D eigenvalue weighted by Crippen LogP contribution is 2.27. The number of carbonyl (C=O) groups is 3. The van der Waals surface area contributed by atoms with Crippen LogP contribution < -0.4 is 14.8 Å². The average Bonchev–Trinajstić information content (AvgIpc) is 2.82. The van der Waals surface area contributed by atoms with Gasteiger partial charge in [-0.15, -0.1) is 0 Å². The number of nitriles is 1. The van der Waals surface area contributed by atoms with Gasteiger partial charge in [-0.05, 0) is 79.0 Å². The van der Waals surface area contributed by atoms with Crippen molar-refractivity contribution in [3.63, 3.8) is 0 Å². The number of rotatable bonds is 8. The maximum Gasteiger partial charge on any atom is 0.262 e. The van der Waals surface area contributed by atoms with Crippen LogP contribution in [-0.2, 0) is 9.59 Å². The molecule has 0 radical (unpaired) electrons. The molecule has 2 amide bonds. The van der Waals surface area contributed by atoms with Crippen molar-refractivity contribution in [3.05, 3.63) is 86.9 Å². The lowest BCUT2D eigenvalue weighted by Gasteiger charge is -2.13. The number of carbonyl (C=O) groups excluding carboxylic acids is 3. The van der Waals surface area contributed by atoms with Crippen molar-refractivity contribution in [2.75, 3.05) is 11.9 Å². The fraction of sp³-hybridized carbons (Fsp3) is 0.120. The van der Waals surface area contributed by atoms with Gasteiger partial charge in [0.1, 0.15) is 5.75 Å². The highest BCUT2D eigenvalue weighted by Gasteiger charge is 2.18. The first-order chi connectivity index (χ1) is 16.7. The lowest BCUT2D eigenvalue weighted by atomic mass is 10.0. The van der Waals surface area contributed by atoms with Crippen LogP contribution in [0.4, 0.5) is 5.69 Å². The molecule has 7 nitrogen and oxygen atoms in total. The van der Waals surface area contributed by atoms with Crippen LogP contribution >= 0.6 is 35.1 Å². The molecule has 3 aromatic carbocycles. The number of ketones is 1. The van der Waals surface area contributed by atoms with Gasteiger partial charge < -0.3 is 10.1 Å². The van der Waals surface area contributed by atoms with Gasteiger partial charge in [-0.2, -0.15) is 5.26 Å². The number of hydrogen-bond acceptors (Lipinski definition) is 6. The molecule has 0 atom stereocenters. The Labute approximate surface area is 216 Å². The van der Waals surface area contributed by atoms with Gasteiger partial charge in [-0.3, -0.25) is 19.1 Å². The van der Waals surface area contributed by atoms with E-state index >= 15 is 0 Å². The molecule has 0 aromatic heterocycles. The summed E-state index contributed by atoms with van der Waals surface area (Å²) in [5.74, 6) is -0.891. The molecule has 10 heteroatoms. The zero-order valence-electron chi connectivity index (χ0n) is 18.6. The van der Waals surface area contributed by atoms with Gasteiger partial charge in [0.15, 0.2) is 12.4 Å². The van der Waals surface area contributed by atoms with Crippen molar-refractivity contribution in [1.29, 1.82) is 5.26 Å². The van der Waals surface area contributed by atoms with Crippen LogP contribution in [0.1, 0.15) is 34.0 Å². The van der Waals surface area contributed by atoms with E-state index in [0.29, 0.717) is 10.7 Å². The fourth-order valence-electron chi connectivity index (χ4n) is 3.05. The summed E-state index contributed by atoms with van der Waals surface area (Å²) >= 11 is 13.3. The van der Waals surface area contributed by atoms with Crippen LogP contribution in [0.2, 0.25) is 10.0 Å². The van der Waals surface area contributed by atoms with Gasteiger partial charge in [-0.25, -0.2) is 0 Å². The summed E-state index contributed by atoms with van der Waals surface area (Å²) in [5.41, 5.74) is 1.94. The first-order valence-electron chi connectivity index (χ1n) is 10.2. The van der Waals surface area contributed by atoms with Crippen molar-refractivity contribution < 1.29 is 19.1 Å². The summed E-state index contributed by atoms with van der Waals surface area (Å²) < 4.78 is 8.28. The van der Waals surface area contributed by atoms with Crippen LogP contribution in [0.15, 0.2) is 59.5 Å². The summed E-state index contributed by atoms with van der Waals surface area (Å²) in [6.07, 6.45) is 0. The number of ether oxygens (including phenoxy) is 1. The normalized spacial score (nSPS) is 10.3. The van der Waals surface area contributed by atoms with Crippen molar-refractivity contribution in [2.24, 2.45) is 0 Å². The van der Waals surface area contributed by atoms with Crippen molar-refractivity contribution >= 4 is 58.4 Å². The number of nitrogens with zero attached hydrogens (tertiary/aromatic N) is 1. The van der Waals surface area contributed by atoms with Crippen molar-refractivity contribution in [3.8, 4) is 11.8 Å². The second-order valence-electron chi connectivity index (χ2n) is 7.38. The second kappa shape index (κ2) is 11.8. The van der Waals surface area contributed by atoms with E-state index in [1.54, 1.807) is 18.2 Å². The first-order valence-corrected chi connectivity index (χ1v) is 11.7. The fourth-order valence-corrected chi connectivity index (χ4v) is 4.09. The smallest absolute Gasteiger partial charge is 0.262 e. The van der Waals surface area contributed by atoms with Gasteiger partial charge >= 0.3 is 0 Å². The van der Waals surface area contributed by atoms with Gasteiger partial charge in [0, 0.05) is 33.1 Å². The Kier molecular flexibility index (Phi) is 8.77. The van der Waals surface area contributed by atoms with Crippen LogP contribution in [0.3, 0.4) is 0 Å². The zero-order chi connectivity index (χ0) is 25.5. The molecule has 2 N–H and O–H groups in total. The number of halogens is 2. The molecule has 0 aliphatic heterocycles. The molecule has 0 unspecified atom stereocenters. The van der Waals surface area contributed by atoms with Gasteiger partial charge in [-0.1, -0.05) is 23.2 Å².